The Morgan fingerprint density at radius 2 is 2.32 bits per heavy atom. The van der Waals surface area contributed by atoms with Gasteiger partial charge in [0.2, 0.25) is 5.16 Å². The second kappa shape index (κ2) is 5.10. The summed E-state index contributed by atoms with van der Waals surface area (Å²) in [7, 11) is 0. The molecule has 0 spiro atoms. The van der Waals surface area contributed by atoms with Gasteiger partial charge in [0.25, 0.3) is 0 Å². The Morgan fingerprint density at radius 3 is 3.05 bits per heavy atom. The first-order valence-electron chi connectivity index (χ1n) is 6.84. The predicted octanol–water partition coefficient (Wildman–Crippen LogP) is 1.51. The highest BCUT2D eigenvalue weighted by molar-refractivity contribution is 7.99. The van der Waals surface area contributed by atoms with Gasteiger partial charge in [-0.1, -0.05) is 18.2 Å². The Bertz CT molecular complexity index is 491. The number of nitriles is 1. The van der Waals surface area contributed by atoms with E-state index in [4.69, 9.17) is 5.73 Å². The van der Waals surface area contributed by atoms with E-state index in [1.54, 1.807) is 11.8 Å². The van der Waals surface area contributed by atoms with Crippen molar-refractivity contribution in [2.24, 2.45) is 11.7 Å². The molecule has 2 unspecified atom stereocenters. The maximum absolute atomic E-state index is 9.19. The lowest BCUT2D eigenvalue weighted by atomic mass is 9.88. The molecule has 0 radical (unpaired) electrons. The van der Waals surface area contributed by atoms with E-state index in [0.717, 1.165) is 36.6 Å². The zero-order chi connectivity index (χ0) is 13.3. The quantitative estimate of drug-likeness (QED) is 0.821. The van der Waals surface area contributed by atoms with Crippen molar-refractivity contribution in [1.29, 1.82) is 5.26 Å². The summed E-state index contributed by atoms with van der Waals surface area (Å²) >= 11 is 1.68. The van der Waals surface area contributed by atoms with Gasteiger partial charge in [0.05, 0.1) is 12.1 Å². The van der Waals surface area contributed by atoms with Crippen LogP contribution in [0.3, 0.4) is 0 Å². The highest BCUT2D eigenvalue weighted by Crippen LogP contribution is 2.38. The number of nitrogens with zero attached hydrogens (tertiary/aromatic N) is 5. The van der Waals surface area contributed by atoms with Crippen LogP contribution in [0.5, 0.6) is 0 Å². The first-order chi connectivity index (χ1) is 9.23. The molecule has 0 aliphatic heterocycles. The van der Waals surface area contributed by atoms with Crippen LogP contribution in [0.1, 0.15) is 44.6 Å². The number of nitrogens with two attached hydrogens (primary N) is 1. The van der Waals surface area contributed by atoms with E-state index in [9.17, 15) is 5.26 Å². The molecule has 7 heteroatoms. The summed E-state index contributed by atoms with van der Waals surface area (Å²) < 4.78 is 1.93. The van der Waals surface area contributed by atoms with Gasteiger partial charge in [-0.2, -0.15) is 5.26 Å². The van der Waals surface area contributed by atoms with Gasteiger partial charge in [-0.15, -0.1) is 5.10 Å². The number of hydrogen-bond acceptors (Lipinski definition) is 6. The number of rotatable bonds is 5. The minimum atomic E-state index is -0.608. The monoisotopic (exact) mass is 278 g/mol. The average Bonchev–Trinajstić information content (AvgIpc) is 3.04. The molecule has 2 N–H and O–H groups in total. The molecule has 1 aromatic rings. The molecule has 0 aromatic carbocycles. The average molecular weight is 278 g/mol. The van der Waals surface area contributed by atoms with Crippen molar-refractivity contribution >= 4 is 11.8 Å². The minimum absolute atomic E-state index is 0.315. The lowest BCUT2D eigenvalue weighted by Gasteiger charge is -2.23. The predicted molar refractivity (Wildman–Crippen MR) is 71.3 cm³/mol. The van der Waals surface area contributed by atoms with Crippen molar-refractivity contribution in [3.8, 4) is 6.07 Å². The molecular weight excluding hydrogens is 260 g/mol. The number of tetrazole rings is 1. The molecule has 2 saturated carbocycles. The van der Waals surface area contributed by atoms with Gasteiger partial charge in [0.1, 0.15) is 5.54 Å². The molecule has 3 rings (SSSR count). The molecule has 102 valence electrons. The van der Waals surface area contributed by atoms with E-state index in [0.29, 0.717) is 12.0 Å². The Morgan fingerprint density at radius 1 is 1.47 bits per heavy atom. The summed E-state index contributed by atoms with van der Waals surface area (Å²) in [5.41, 5.74) is 5.53. The van der Waals surface area contributed by atoms with Gasteiger partial charge in [-0.3, -0.25) is 0 Å². The lowest BCUT2D eigenvalue weighted by molar-refractivity contribution is 0.389. The number of aromatic nitrogens is 4. The smallest absolute Gasteiger partial charge is 0.209 e. The number of hydrogen-bond donors (Lipinski definition) is 1. The molecule has 2 aliphatic rings. The Hall–Kier alpha value is -1.13. The summed E-state index contributed by atoms with van der Waals surface area (Å²) in [4.78, 5) is 0. The molecule has 6 nitrogen and oxygen atoms in total. The second-order valence-electron chi connectivity index (χ2n) is 5.52. The zero-order valence-corrected chi connectivity index (χ0v) is 11.6. The fourth-order valence-corrected chi connectivity index (χ4v) is 3.77. The molecule has 0 bridgehead atoms. The zero-order valence-electron chi connectivity index (χ0n) is 10.8. The first-order valence-corrected chi connectivity index (χ1v) is 7.82. The molecule has 19 heavy (non-hydrogen) atoms. The molecule has 1 aromatic heterocycles. The molecule has 2 aliphatic carbocycles. The van der Waals surface area contributed by atoms with Gasteiger partial charge in [-0.25, -0.2) is 4.68 Å². The first kappa shape index (κ1) is 12.9. The molecule has 0 amide bonds. The van der Waals surface area contributed by atoms with Crippen molar-refractivity contribution in [1.82, 2.24) is 20.2 Å². The van der Waals surface area contributed by atoms with E-state index < -0.39 is 5.54 Å². The standard InChI is InChI=1S/C12H18N6S/c13-8-12(14)6-1-2-9(12)5-7-19-11-15-16-17-18(11)10-3-4-10/h9-10H,1-7,14H2. The fourth-order valence-electron chi connectivity index (χ4n) is 2.77. The lowest BCUT2D eigenvalue weighted by Crippen LogP contribution is -2.41. The third-order valence-corrected chi connectivity index (χ3v) is 5.10. The molecule has 0 saturated heterocycles. The van der Waals surface area contributed by atoms with E-state index in [1.807, 2.05) is 4.68 Å². The SMILES string of the molecule is N#CC1(N)CCCC1CCSc1nnnn1C1CC1. The van der Waals surface area contributed by atoms with Crippen LogP contribution in [0.15, 0.2) is 5.16 Å². The van der Waals surface area contributed by atoms with Crippen LogP contribution in [0.25, 0.3) is 0 Å². The van der Waals surface area contributed by atoms with Crippen molar-refractivity contribution in [3.05, 3.63) is 0 Å². The van der Waals surface area contributed by atoms with Gasteiger partial charge >= 0.3 is 0 Å². The van der Waals surface area contributed by atoms with Crippen molar-refractivity contribution in [2.45, 2.75) is 55.3 Å². The van der Waals surface area contributed by atoms with Gasteiger partial charge in [0, 0.05) is 5.75 Å². The summed E-state index contributed by atoms with van der Waals surface area (Å²) in [5, 5.41) is 21.9. The van der Waals surface area contributed by atoms with E-state index in [-0.39, 0.29) is 0 Å². The van der Waals surface area contributed by atoms with Crippen LogP contribution in [0, 0.1) is 17.2 Å². The van der Waals surface area contributed by atoms with Crippen LogP contribution >= 0.6 is 11.8 Å². The van der Waals surface area contributed by atoms with Crippen LogP contribution in [-0.2, 0) is 0 Å². The maximum Gasteiger partial charge on any atom is 0.209 e. The topological polar surface area (TPSA) is 93.4 Å². The van der Waals surface area contributed by atoms with E-state index in [2.05, 4.69) is 21.6 Å². The van der Waals surface area contributed by atoms with Crippen molar-refractivity contribution < 1.29 is 0 Å². The van der Waals surface area contributed by atoms with Crippen molar-refractivity contribution in [3.63, 3.8) is 0 Å². The summed E-state index contributed by atoms with van der Waals surface area (Å²) in [5.74, 6) is 1.24. The Kier molecular flexibility index (Phi) is 3.46. The molecule has 2 fully saturated rings. The minimum Gasteiger partial charge on any atom is -0.313 e. The maximum atomic E-state index is 9.19. The normalized spacial score (nSPS) is 30.4. The van der Waals surface area contributed by atoms with Crippen LogP contribution in [0.4, 0.5) is 0 Å². The van der Waals surface area contributed by atoms with Crippen LogP contribution < -0.4 is 5.73 Å². The largest absolute Gasteiger partial charge is 0.313 e. The summed E-state index contributed by atoms with van der Waals surface area (Å²) in [6.07, 6.45) is 6.30. The number of thioether (sulfide) groups is 1. The summed E-state index contributed by atoms with van der Waals surface area (Å²) in [6.45, 7) is 0. The third-order valence-electron chi connectivity index (χ3n) is 4.13. The van der Waals surface area contributed by atoms with Crippen LogP contribution in [0.2, 0.25) is 0 Å². The second-order valence-corrected chi connectivity index (χ2v) is 6.58. The summed E-state index contributed by atoms with van der Waals surface area (Å²) in [6, 6.07) is 2.81. The van der Waals surface area contributed by atoms with Gasteiger partial charge in [0.15, 0.2) is 0 Å². The molecule has 1 heterocycles. The third kappa shape index (κ3) is 2.60. The van der Waals surface area contributed by atoms with E-state index >= 15 is 0 Å². The van der Waals surface area contributed by atoms with E-state index in [1.165, 1.54) is 12.8 Å². The highest BCUT2D eigenvalue weighted by atomic mass is 32.2. The highest BCUT2D eigenvalue weighted by Gasteiger charge is 2.39. The van der Waals surface area contributed by atoms with Crippen molar-refractivity contribution in [2.75, 3.05) is 5.75 Å². The van der Waals surface area contributed by atoms with Gasteiger partial charge in [-0.05, 0) is 48.4 Å². The van der Waals surface area contributed by atoms with Gasteiger partial charge < -0.3 is 5.73 Å². The molecular formula is C12H18N6S. The Labute approximate surface area is 116 Å². The van der Waals surface area contributed by atoms with Crippen LogP contribution in [-0.4, -0.2) is 31.5 Å². The Balaban J connectivity index is 1.53. The fraction of sp³-hybridized carbons (Fsp3) is 0.833. The molecule has 2 atom stereocenters.